The lowest BCUT2D eigenvalue weighted by Crippen LogP contribution is -2.24. The maximum Gasteiger partial charge on any atom is 0.227 e. The molecule has 5 heteroatoms. The summed E-state index contributed by atoms with van der Waals surface area (Å²) in [5.41, 5.74) is 1.64. The molecule has 1 atom stereocenters. The first kappa shape index (κ1) is 13.2. The molecule has 0 aliphatic carbocycles. The van der Waals surface area contributed by atoms with E-state index in [-0.39, 0.29) is 5.91 Å². The summed E-state index contributed by atoms with van der Waals surface area (Å²) in [5.74, 6) is 0.492. The van der Waals surface area contributed by atoms with Crippen LogP contribution in [0, 0.1) is 12.8 Å². The van der Waals surface area contributed by atoms with Crippen LogP contribution in [0.5, 0.6) is 0 Å². The van der Waals surface area contributed by atoms with Gasteiger partial charge >= 0.3 is 0 Å². The summed E-state index contributed by atoms with van der Waals surface area (Å²) in [6.45, 7) is 2.58. The second-order valence-corrected chi connectivity index (χ2v) is 5.73. The molecular weight excluding hydrogens is 325 g/mol. The highest BCUT2D eigenvalue weighted by molar-refractivity contribution is 9.09. The molecule has 1 heterocycles. The van der Waals surface area contributed by atoms with Gasteiger partial charge in [0.05, 0.1) is 0 Å². The Morgan fingerprint density at radius 3 is 2.47 bits per heavy atom. The van der Waals surface area contributed by atoms with E-state index in [0.717, 1.165) is 23.1 Å². The molecule has 0 bridgehead atoms. The van der Waals surface area contributed by atoms with Crippen LogP contribution in [-0.2, 0) is 4.79 Å². The summed E-state index contributed by atoms with van der Waals surface area (Å²) in [7, 11) is 0. The number of nitrogens with zero attached hydrogens (tertiary/aromatic N) is 1. The summed E-state index contributed by atoms with van der Waals surface area (Å²) in [6.07, 6.45) is 0.578. The van der Waals surface area contributed by atoms with E-state index in [1.54, 1.807) is 17.0 Å². The first-order valence-electron chi connectivity index (χ1n) is 5.35. The van der Waals surface area contributed by atoms with Crippen molar-refractivity contribution < 1.29 is 4.79 Å². The molecule has 1 fully saturated rings. The molecule has 1 aliphatic heterocycles. The smallest absolute Gasteiger partial charge is 0.227 e. The Morgan fingerprint density at radius 2 is 2.00 bits per heavy atom. The highest BCUT2D eigenvalue weighted by Gasteiger charge is 2.30. The number of alkyl halides is 1. The van der Waals surface area contributed by atoms with Gasteiger partial charge in [-0.2, -0.15) is 0 Å². The summed E-state index contributed by atoms with van der Waals surface area (Å²) in [4.78, 5) is 13.6. The van der Waals surface area contributed by atoms with E-state index in [1.165, 1.54) is 0 Å². The molecule has 0 aromatic heterocycles. The molecule has 92 valence electrons. The number of halogens is 3. The quantitative estimate of drug-likeness (QED) is 0.746. The lowest BCUT2D eigenvalue weighted by atomic mass is 10.2. The van der Waals surface area contributed by atoms with Crippen LogP contribution < -0.4 is 4.90 Å². The summed E-state index contributed by atoms with van der Waals surface area (Å²) in [5, 5.41) is 2.04. The van der Waals surface area contributed by atoms with Crippen LogP contribution >= 0.6 is 39.1 Å². The van der Waals surface area contributed by atoms with E-state index in [0.29, 0.717) is 22.4 Å². The maximum atomic E-state index is 11.9. The van der Waals surface area contributed by atoms with Crippen LogP contribution in [-0.4, -0.2) is 17.8 Å². The third-order valence-electron chi connectivity index (χ3n) is 3.00. The normalized spacial score (nSPS) is 20.1. The first-order valence-corrected chi connectivity index (χ1v) is 7.22. The average molecular weight is 337 g/mol. The Labute approximate surface area is 119 Å². The minimum absolute atomic E-state index is 0.130. The van der Waals surface area contributed by atoms with Crippen molar-refractivity contribution in [2.45, 2.75) is 13.3 Å². The van der Waals surface area contributed by atoms with Crippen molar-refractivity contribution in [1.82, 2.24) is 0 Å². The molecule has 1 aromatic carbocycles. The predicted molar refractivity (Wildman–Crippen MR) is 75.5 cm³/mol. The van der Waals surface area contributed by atoms with Crippen molar-refractivity contribution in [3.05, 3.63) is 27.7 Å². The minimum atomic E-state index is 0.130. The minimum Gasteiger partial charge on any atom is -0.312 e. The van der Waals surface area contributed by atoms with E-state index >= 15 is 0 Å². The Kier molecular flexibility index (Phi) is 4.01. The average Bonchev–Trinajstić information content (AvgIpc) is 2.67. The molecule has 1 aromatic rings. The van der Waals surface area contributed by atoms with Gasteiger partial charge in [-0.15, -0.1) is 0 Å². The molecule has 0 saturated carbocycles. The molecule has 0 spiro atoms. The molecular formula is C12H12BrCl2NO. The van der Waals surface area contributed by atoms with Gasteiger partial charge in [0, 0.05) is 34.0 Å². The fourth-order valence-electron chi connectivity index (χ4n) is 1.92. The van der Waals surface area contributed by atoms with E-state index in [4.69, 9.17) is 23.2 Å². The van der Waals surface area contributed by atoms with Gasteiger partial charge in [-0.05, 0) is 30.5 Å². The first-order chi connectivity index (χ1) is 8.02. The van der Waals surface area contributed by atoms with Gasteiger partial charge in [-0.1, -0.05) is 39.1 Å². The van der Waals surface area contributed by atoms with Crippen molar-refractivity contribution >= 4 is 50.7 Å². The van der Waals surface area contributed by atoms with Crippen LogP contribution in [0.1, 0.15) is 12.0 Å². The van der Waals surface area contributed by atoms with E-state index in [9.17, 15) is 4.79 Å². The number of amides is 1. The molecule has 0 N–H and O–H groups in total. The van der Waals surface area contributed by atoms with Crippen LogP contribution in [0.3, 0.4) is 0 Å². The summed E-state index contributed by atoms with van der Waals surface area (Å²) >= 11 is 15.6. The van der Waals surface area contributed by atoms with Crippen LogP contribution in [0.4, 0.5) is 5.69 Å². The van der Waals surface area contributed by atoms with E-state index in [2.05, 4.69) is 15.9 Å². The number of carbonyl (C=O) groups excluding carboxylic acids is 1. The van der Waals surface area contributed by atoms with Gasteiger partial charge in [0.1, 0.15) is 0 Å². The molecule has 2 rings (SSSR count). The van der Waals surface area contributed by atoms with E-state index in [1.807, 2.05) is 6.92 Å². The zero-order chi connectivity index (χ0) is 12.6. The molecule has 1 unspecified atom stereocenters. The Balaban J connectivity index is 2.32. The molecule has 0 radical (unpaired) electrons. The molecule has 2 nitrogen and oxygen atoms in total. The highest BCUT2D eigenvalue weighted by atomic mass is 79.9. The van der Waals surface area contributed by atoms with Gasteiger partial charge in [0.15, 0.2) is 0 Å². The van der Waals surface area contributed by atoms with Crippen LogP contribution in [0.15, 0.2) is 12.1 Å². The standard InChI is InChI=1S/C12H12BrCl2NO/c1-7-10(14)3-9(4-11(7)15)16-6-8(5-13)2-12(16)17/h3-4,8H,2,5-6H2,1H3. The van der Waals surface area contributed by atoms with Crippen molar-refractivity contribution in [2.75, 3.05) is 16.8 Å². The largest absolute Gasteiger partial charge is 0.312 e. The van der Waals surface area contributed by atoms with Crippen LogP contribution in [0.2, 0.25) is 10.0 Å². The SMILES string of the molecule is Cc1c(Cl)cc(N2CC(CBr)CC2=O)cc1Cl. The third kappa shape index (κ3) is 2.61. The van der Waals surface area contributed by atoms with Crippen molar-refractivity contribution in [2.24, 2.45) is 5.92 Å². The maximum absolute atomic E-state index is 11.9. The van der Waals surface area contributed by atoms with Gasteiger partial charge in [0.25, 0.3) is 0 Å². The van der Waals surface area contributed by atoms with Crippen molar-refractivity contribution in [1.29, 1.82) is 0 Å². The number of hydrogen-bond donors (Lipinski definition) is 0. The molecule has 1 aliphatic rings. The van der Waals surface area contributed by atoms with Gasteiger partial charge in [0.2, 0.25) is 5.91 Å². The Bertz CT molecular complexity index is 441. The fourth-order valence-corrected chi connectivity index (χ4v) is 2.83. The number of carbonyl (C=O) groups is 1. The zero-order valence-corrected chi connectivity index (χ0v) is 12.4. The number of benzene rings is 1. The van der Waals surface area contributed by atoms with Crippen molar-refractivity contribution in [3.63, 3.8) is 0 Å². The molecule has 17 heavy (non-hydrogen) atoms. The zero-order valence-electron chi connectivity index (χ0n) is 9.34. The lowest BCUT2D eigenvalue weighted by molar-refractivity contribution is -0.117. The lowest BCUT2D eigenvalue weighted by Gasteiger charge is -2.18. The molecule has 1 saturated heterocycles. The topological polar surface area (TPSA) is 20.3 Å². The van der Waals surface area contributed by atoms with Crippen molar-refractivity contribution in [3.8, 4) is 0 Å². The third-order valence-corrected chi connectivity index (χ3v) is 4.70. The fraction of sp³-hybridized carbons (Fsp3) is 0.417. The number of anilines is 1. The van der Waals surface area contributed by atoms with Gasteiger partial charge in [-0.25, -0.2) is 0 Å². The summed E-state index contributed by atoms with van der Waals surface area (Å²) in [6, 6.07) is 3.61. The number of hydrogen-bond acceptors (Lipinski definition) is 1. The second-order valence-electron chi connectivity index (χ2n) is 4.26. The Hall–Kier alpha value is -0.250. The second kappa shape index (κ2) is 5.17. The highest BCUT2D eigenvalue weighted by Crippen LogP contribution is 2.33. The van der Waals surface area contributed by atoms with E-state index < -0.39 is 0 Å². The Morgan fingerprint density at radius 1 is 1.41 bits per heavy atom. The summed E-state index contributed by atoms with van der Waals surface area (Å²) < 4.78 is 0. The van der Waals surface area contributed by atoms with Gasteiger partial charge in [-0.3, -0.25) is 4.79 Å². The number of rotatable bonds is 2. The predicted octanol–water partition coefficient (Wildman–Crippen LogP) is 4.05. The molecule has 1 amide bonds. The van der Waals surface area contributed by atoms with Gasteiger partial charge < -0.3 is 4.90 Å². The van der Waals surface area contributed by atoms with Crippen LogP contribution in [0.25, 0.3) is 0 Å². The monoisotopic (exact) mass is 335 g/mol.